The normalized spacial score (nSPS) is 12.1. The Kier molecular flexibility index (Phi) is 13.7. The molecule has 24 aromatic rings. The summed E-state index contributed by atoms with van der Waals surface area (Å²) in [5.74, 6) is 3.53. The maximum absolute atomic E-state index is 7.13. The van der Waals surface area contributed by atoms with Crippen LogP contribution in [0.15, 0.2) is 349 Å². The zero-order valence-corrected chi connectivity index (χ0v) is 61.3. The molecule has 0 spiro atoms. The van der Waals surface area contributed by atoms with Gasteiger partial charge >= 0.3 is 0 Å². The molecule has 0 unspecified atom stereocenters. The van der Waals surface area contributed by atoms with Gasteiger partial charge in [-0.05, 0) is 160 Å². The van der Waals surface area contributed by atoms with Gasteiger partial charge < -0.3 is 8.83 Å². The number of benzene rings is 18. The molecule has 10 heteroatoms. The van der Waals surface area contributed by atoms with Gasteiger partial charge in [-0.1, -0.05) is 267 Å². The van der Waals surface area contributed by atoms with Gasteiger partial charge in [0.1, 0.15) is 22.3 Å². The first-order valence-corrected chi connectivity index (χ1v) is 39.2. The quantitative estimate of drug-likeness (QED) is 0.132. The number of aromatic nitrogens is 6. The molecule has 0 saturated heterocycles. The number of hydrogen-bond acceptors (Lipinski definition) is 10. The molecular formula is C102H56N6O2S2. The highest BCUT2D eigenvalue weighted by Crippen LogP contribution is 2.49. The fraction of sp³-hybridized carbons (Fsp3) is 0. The van der Waals surface area contributed by atoms with E-state index in [0.717, 1.165) is 115 Å². The summed E-state index contributed by atoms with van der Waals surface area (Å²) in [5.41, 5.74) is 14.9. The van der Waals surface area contributed by atoms with Crippen LogP contribution in [-0.4, -0.2) is 29.9 Å². The van der Waals surface area contributed by atoms with E-state index in [9.17, 15) is 0 Å². The second-order valence-electron chi connectivity index (χ2n) is 29.0. The lowest BCUT2D eigenvalue weighted by atomic mass is 9.89. The molecular weight excluding hydrogens is 1410 g/mol. The number of rotatable bonds is 9. The van der Waals surface area contributed by atoms with Crippen LogP contribution in [0.4, 0.5) is 0 Å². The van der Waals surface area contributed by atoms with Gasteiger partial charge in [0.25, 0.3) is 0 Å². The highest BCUT2D eigenvalue weighted by molar-refractivity contribution is 7.26. The fourth-order valence-electron chi connectivity index (χ4n) is 17.6. The molecule has 0 radical (unpaired) electrons. The molecule has 24 rings (SSSR count). The van der Waals surface area contributed by atoms with Crippen molar-refractivity contribution < 1.29 is 8.83 Å². The molecule has 0 atom stereocenters. The third kappa shape index (κ3) is 9.79. The molecule has 0 amide bonds. The average Bonchev–Trinajstić information content (AvgIpc) is 1.07. The standard InChI is InChI=1S/C102H56N6O2S2/c1-3-19-57(20-4-1)97-103-99(62-44-50-90-86(54-62)78-29-13-14-37-89(78)111-90)106-101(104-97)64-43-49-80-92(56-64)112-91-38-18-30-65(94(80)91)59-39-45-75-71-26-9-10-27-72(71)76-47-41-61(53-85(76)84(75)51-59)67-32-16-34-81-93-82(35-17-36-87(93)109-96(67)81)102-107-98(58-21-5-2-6-22-58)105-100(108-102)63-42-48-77-79-33-15-31-66(95(79)110-88(77)55-63)60-40-46-74-70-25-8-7-23-68(70)69-24-11-12-28-73(69)83(74)52-60/h1-56H. The van der Waals surface area contributed by atoms with Gasteiger partial charge in [-0.2, -0.15) is 0 Å². The van der Waals surface area contributed by atoms with E-state index in [-0.39, 0.29) is 0 Å². The zero-order valence-electron chi connectivity index (χ0n) is 59.6. The summed E-state index contributed by atoms with van der Waals surface area (Å²) in [7, 11) is 0. The lowest BCUT2D eigenvalue weighted by molar-refractivity contribution is 0.669. The molecule has 0 aliphatic heterocycles. The van der Waals surface area contributed by atoms with E-state index in [2.05, 4.69) is 279 Å². The number of furan rings is 2. The molecule has 8 nitrogen and oxygen atoms in total. The molecule has 112 heavy (non-hydrogen) atoms. The van der Waals surface area contributed by atoms with Crippen LogP contribution in [0.5, 0.6) is 0 Å². The van der Waals surface area contributed by atoms with Crippen molar-refractivity contribution in [3.63, 3.8) is 0 Å². The van der Waals surface area contributed by atoms with Crippen molar-refractivity contribution in [2.45, 2.75) is 0 Å². The van der Waals surface area contributed by atoms with Crippen LogP contribution in [-0.2, 0) is 0 Å². The van der Waals surface area contributed by atoms with Gasteiger partial charge in [0, 0.05) is 106 Å². The van der Waals surface area contributed by atoms with Crippen molar-refractivity contribution in [3.05, 3.63) is 340 Å². The average molecular weight is 1460 g/mol. The summed E-state index contributed by atoms with van der Waals surface area (Å²) >= 11 is 3.61. The predicted octanol–water partition coefficient (Wildman–Crippen LogP) is 28.5. The van der Waals surface area contributed by atoms with Crippen LogP contribution in [0.1, 0.15) is 0 Å². The van der Waals surface area contributed by atoms with E-state index in [0.29, 0.717) is 34.9 Å². The molecule has 0 aliphatic carbocycles. The molecule has 518 valence electrons. The SMILES string of the molecule is c1ccc(-c2nc(-c3ccc4c(c3)sc3cccc(-c5ccc6c7ccccc7c7ccc(-c8cccc9c8oc8cccc(-c%10nc(-c%11ccccc%11)nc(-c%11ccc%12c(c%11)oc%11c(-c%13ccc%14c%15ccccc%15c%15ccccc%15c%14c%13)cccc%11%12)n%10)c89)cc7c6c5)c34)nc(-c3ccc4sc5ccccc5c4c3)n2)cc1. The van der Waals surface area contributed by atoms with E-state index < -0.39 is 0 Å². The van der Waals surface area contributed by atoms with Gasteiger partial charge in [-0.15, -0.1) is 22.7 Å². The number of nitrogens with zero attached hydrogens (tertiary/aromatic N) is 6. The molecule has 18 aromatic carbocycles. The minimum atomic E-state index is 0.529. The number of para-hydroxylation sites is 2. The third-order valence-electron chi connectivity index (χ3n) is 22.8. The predicted molar refractivity (Wildman–Crippen MR) is 468 cm³/mol. The van der Waals surface area contributed by atoms with Crippen LogP contribution < -0.4 is 0 Å². The van der Waals surface area contributed by atoms with Crippen molar-refractivity contribution in [2.24, 2.45) is 0 Å². The Morgan fingerprint density at radius 1 is 0.170 bits per heavy atom. The van der Waals surface area contributed by atoms with Gasteiger partial charge in [0.05, 0.1) is 0 Å². The Bertz CT molecular complexity index is 8130. The Morgan fingerprint density at radius 2 is 0.536 bits per heavy atom. The number of hydrogen-bond donors (Lipinski definition) is 0. The lowest BCUT2D eigenvalue weighted by Gasteiger charge is -2.14. The molecule has 0 saturated carbocycles. The van der Waals surface area contributed by atoms with Crippen molar-refractivity contribution in [1.82, 2.24) is 29.9 Å². The van der Waals surface area contributed by atoms with Crippen LogP contribution in [0.2, 0.25) is 0 Å². The summed E-state index contributed by atoms with van der Waals surface area (Å²) in [6.07, 6.45) is 0. The summed E-state index contributed by atoms with van der Waals surface area (Å²) in [4.78, 5) is 31.6. The minimum absolute atomic E-state index is 0.529. The molecule has 0 fully saturated rings. The molecule has 0 aliphatic rings. The van der Waals surface area contributed by atoms with E-state index in [4.69, 9.17) is 38.7 Å². The topological polar surface area (TPSA) is 104 Å². The molecule has 0 bridgehead atoms. The second-order valence-corrected chi connectivity index (χ2v) is 31.2. The first-order chi connectivity index (χ1) is 55.5. The van der Waals surface area contributed by atoms with Crippen LogP contribution in [0.25, 0.3) is 251 Å². The Balaban J connectivity index is 0.606. The molecule has 0 N–H and O–H groups in total. The lowest BCUT2D eigenvalue weighted by Crippen LogP contribution is -2.00. The van der Waals surface area contributed by atoms with Crippen molar-refractivity contribution in [3.8, 4) is 102 Å². The maximum atomic E-state index is 7.13. The molecule has 6 aromatic heterocycles. The van der Waals surface area contributed by atoms with E-state index in [1.165, 1.54) is 100 Å². The van der Waals surface area contributed by atoms with Crippen LogP contribution in [0.3, 0.4) is 0 Å². The largest absolute Gasteiger partial charge is 0.455 e. The maximum Gasteiger partial charge on any atom is 0.164 e. The van der Waals surface area contributed by atoms with Crippen molar-refractivity contribution in [2.75, 3.05) is 0 Å². The Labute approximate surface area is 647 Å². The first kappa shape index (κ1) is 62.6. The van der Waals surface area contributed by atoms with Gasteiger partial charge in [-0.25, -0.2) is 29.9 Å². The third-order valence-corrected chi connectivity index (χ3v) is 25.0. The highest BCUT2D eigenvalue weighted by atomic mass is 32.1. The van der Waals surface area contributed by atoms with Crippen LogP contribution >= 0.6 is 22.7 Å². The summed E-state index contributed by atoms with van der Waals surface area (Å²) < 4.78 is 19.0. The van der Waals surface area contributed by atoms with Gasteiger partial charge in [0.15, 0.2) is 34.9 Å². The van der Waals surface area contributed by atoms with E-state index in [1.54, 1.807) is 11.3 Å². The summed E-state index contributed by atoms with van der Waals surface area (Å²) in [6.45, 7) is 0. The molecule has 6 heterocycles. The fourth-order valence-corrected chi connectivity index (χ4v) is 19.8. The second kappa shape index (κ2) is 24.5. The van der Waals surface area contributed by atoms with Crippen molar-refractivity contribution >= 4 is 172 Å². The summed E-state index contributed by atoms with van der Waals surface area (Å²) in [5, 5.41) is 23.3. The van der Waals surface area contributed by atoms with E-state index in [1.807, 2.05) is 72.0 Å². The number of thiophene rings is 2. The van der Waals surface area contributed by atoms with Gasteiger partial charge in [0.2, 0.25) is 0 Å². The van der Waals surface area contributed by atoms with Gasteiger partial charge in [-0.3, -0.25) is 0 Å². The smallest absolute Gasteiger partial charge is 0.164 e. The van der Waals surface area contributed by atoms with Crippen molar-refractivity contribution in [1.29, 1.82) is 0 Å². The van der Waals surface area contributed by atoms with E-state index >= 15 is 0 Å². The monoisotopic (exact) mass is 1460 g/mol. The highest BCUT2D eigenvalue weighted by Gasteiger charge is 2.25. The van der Waals surface area contributed by atoms with Crippen LogP contribution in [0, 0.1) is 0 Å². The summed E-state index contributed by atoms with van der Waals surface area (Å²) in [6, 6.07) is 121. The Morgan fingerprint density at radius 3 is 1.14 bits per heavy atom. The number of fused-ring (bicyclic) bond motifs is 24. The minimum Gasteiger partial charge on any atom is -0.455 e. The Hall–Kier alpha value is -14.4. The zero-order chi connectivity index (χ0) is 73.2. The first-order valence-electron chi connectivity index (χ1n) is 37.6.